The quantitative estimate of drug-likeness (QED) is 0.629. The van der Waals surface area contributed by atoms with Crippen LogP contribution in [0.5, 0.6) is 0 Å². The topological polar surface area (TPSA) is 44.9 Å². The van der Waals surface area contributed by atoms with Gasteiger partial charge in [-0.2, -0.15) is 0 Å². The van der Waals surface area contributed by atoms with Crippen LogP contribution in [0, 0.1) is 0 Å². The molecule has 0 radical (unpaired) electrons. The van der Waals surface area contributed by atoms with Crippen molar-refractivity contribution in [1.29, 1.82) is 0 Å². The number of hydrogen-bond acceptors (Lipinski definition) is 2. The van der Waals surface area contributed by atoms with E-state index >= 15 is 0 Å². The zero-order valence-corrected chi connectivity index (χ0v) is 12.5. The van der Waals surface area contributed by atoms with Crippen molar-refractivity contribution in [3.8, 4) is 0 Å². The third-order valence-electron chi connectivity index (χ3n) is 3.32. The first-order chi connectivity index (χ1) is 9.10. The number of nitrogens with zero attached hydrogens (tertiary/aromatic N) is 3. The van der Waals surface area contributed by atoms with Crippen LogP contribution < -0.4 is 5.73 Å². The summed E-state index contributed by atoms with van der Waals surface area (Å²) in [7, 11) is 4.14. The normalized spacial score (nSPS) is 13.6. The molecule has 19 heavy (non-hydrogen) atoms. The first-order valence-electron chi connectivity index (χ1n) is 6.86. The van der Waals surface area contributed by atoms with Crippen LogP contribution in [-0.2, 0) is 0 Å². The van der Waals surface area contributed by atoms with E-state index in [2.05, 4.69) is 67.0 Å². The van der Waals surface area contributed by atoms with Crippen molar-refractivity contribution in [2.45, 2.75) is 19.9 Å². The third kappa shape index (κ3) is 4.56. The maximum Gasteiger partial charge on any atom is 0.191 e. The highest BCUT2D eigenvalue weighted by atomic mass is 15.2. The molecule has 106 valence electrons. The maximum absolute atomic E-state index is 6.02. The fraction of sp³-hybridized carbons (Fsp3) is 0.533. The lowest BCUT2D eigenvalue weighted by Gasteiger charge is -2.25. The third-order valence-corrected chi connectivity index (χ3v) is 3.32. The van der Waals surface area contributed by atoms with Crippen LogP contribution in [0.25, 0.3) is 0 Å². The van der Waals surface area contributed by atoms with Gasteiger partial charge in [0, 0.05) is 13.1 Å². The first-order valence-corrected chi connectivity index (χ1v) is 6.86. The summed E-state index contributed by atoms with van der Waals surface area (Å²) in [4.78, 5) is 8.78. The molecule has 0 aliphatic carbocycles. The van der Waals surface area contributed by atoms with Crippen LogP contribution in [0.2, 0.25) is 0 Å². The molecule has 4 nitrogen and oxygen atoms in total. The van der Waals surface area contributed by atoms with E-state index in [9.17, 15) is 0 Å². The molecule has 0 saturated carbocycles. The molecule has 0 spiro atoms. The van der Waals surface area contributed by atoms with Gasteiger partial charge in [0.2, 0.25) is 0 Å². The predicted octanol–water partition coefficient (Wildman–Crippen LogP) is 1.95. The number of likely N-dealkylation sites (N-methyl/N-ethyl adjacent to an activating group) is 1. The molecular formula is C15H26N4. The highest BCUT2D eigenvalue weighted by Crippen LogP contribution is 2.18. The molecule has 1 rings (SSSR count). The summed E-state index contributed by atoms with van der Waals surface area (Å²) in [5.41, 5.74) is 7.29. The number of nitrogens with two attached hydrogens (primary N) is 1. The van der Waals surface area contributed by atoms with E-state index in [-0.39, 0.29) is 6.04 Å². The lowest BCUT2D eigenvalue weighted by Crippen LogP contribution is -2.37. The number of aliphatic imine (C=N–C) groups is 1. The highest BCUT2D eigenvalue weighted by molar-refractivity contribution is 5.78. The van der Waals surface area contributed by atoms with Gasteiger partial charge in [-0.1, -0.05) is 30.3 Å². The van der Waals surface area contributed by atoms with E-state index in [0.717, 1.165) is 13.1 Å². The molecule has 0 saturated heterocycles. The van der Waals surface area contributed by atoms with E-state index in [1.54, 1.807) is 0 Å². The van der Waals surface area contributed by atoms with Crippen molar-refractivity contribution in [3.05, 3.63) is 35.9 Å². The van der Waals surface area contributed by atoms with Crippen molar-refractivity contribution in [3.63, 3.8) is 0 Å². The van der Waals surface area contributed by atoms with E-state index in [1.807, 2.05) is 6.07 Å². The van der Waals surface area contributed by atoms with E-state index in [1.165, 1.54) is 5.56 Å². The minimum atomic E-state index is 0.260. The van der Waals surface area contributed by atoms with Crippen LogP contribution in [-0.4, -0.2) is 49.5 Å². The van der Waals surface area contributed by atoms with Gasteiger partial charge in [0.15, 0.2) is 5.96 Å². The molecule has 1 atom stereocenters. The number of benzene rings is 1. The Bertz CT molecular complexity index is 382. The van der Waals surface area contributed by atoms with Crippen molar-refractivity contribution in [2.24, 2.45) is 10.7 Å². The molecule has 0 aromatic heterocycles. The second-order valence-electron chi connectivity index (χ2n) is 4.76. The first kappa shape index (κ1) is 15.5. The smallest absolute Gasteiger partial charge is 0.191 e. The average Bonchev–Trinajstić information content (AvgIpc) is 2.41. The van der Waals surface area contributed by atoms with E-state index in [0.29, 0.717) is 12.5 Å². The Morgan fingerprint density at radius 3 is 2.21 bits per heavy atom. The molecule has 0 heterocycles. The minimum Gasteiger partial charge on any atom is -0.370 e. The van der Waals surface area contributed by atoms with Crippen LogP contribution in [0.15, 0.2) is 35.3 Å². The molecule has 1 unspecified atom stereocenters. The summed E-state index contributed by atoms with van der Waals surface area (Å²) in [6.07, 6.45) is 0. The molecule has 4 heteroatoms. The standard InChI is InChI=1S/C15H26N4/c1-5-19(6-2)15(16)17-12-14(18(3)4)13-10-8-7-9-11-13/h7-11,14H,5-6,12H2,1-4H3,(H2,16,17). The molecule has 1 aromatic carbocycles. The van der Waals surface area contributed by atoms with Crippen LogP contribution in [0.1, 0.15) is 25.5 Å². The van der Waals surface area contributed by atoms with Gasteiger partial charge in [0.25, 0.3) is 0 Å². The monoisotopic (exact) mass is 262 g/mol. The van der Waals surface area contributed by atoms with Crippen molar-refractivity contribution in [2.75, 3.05) is 33.7 Å². The van der Waals surface area contributed by atoms with Crippen molar-refractivity contribution < 1.29 is 0 Å². The fourth-order valence-electron chi connectivity index (χ4n) is 2.07. The van der Waals surface area contributed by atoms with Gasteiger partial charge in [0.1, 0.15) is 0 Å². The highest BCUT2D eigenvalue weighted by Gasteiger charge is 2.13. The molecule has 0 amide bonds. The molecule has 0 fully saturated rings. The summed E-state index contributed by atoms with van der Waals surface area (Å²) >= 11 is 0. The molecule has 1 aromatic rings. The summed E-state index contributed by atoms with van der Waals surface area (Å²) in [5.74, 6) is 0.632. The minimum absolute atomic E-state index is 0.260. The SMILES string of the molecule is CCN(CC)C(N)=NCC(c1ccccc1)N(C)C. The molecule has 0 bridgehead atoms. The Balaban J connectivity index is 2.78. The van der Waals surface area contributed by atoms with Gasteiger partial charge >= 0.3 is 0 Å². The fourth-order valence-corrected chi connectivity index (χ4v) is 2.07. The van der Waals surface area contributed by atoms with Gasteiger partial charge in [-0.15, -0.1) is 0 Å². The van der Waals surface area contributed by atoms with Crippen LogP contribution in [0.3, 0.4) is 0 Å². The van der Waals surface area contributed by atoms with Gasteiger partial charge in [-0.3, -0.25) is 4.99 Å². The molecule has 0 aliphatic rings. The largest absolute Gasteiger partial charge is 0.370 e. The van der Waals surface area contributed by atoms with Crippen molar-refractivity contribution >= 4 is 5.96 Å². The summed E-state index contributed by atoms with van der Waals surface area (Å²) in [6, 6.07) is 10.7. The van der Waals surface area contributed by atoms with Crippen LogP contribution in [0.4, 0.5) is 0 Å². The average molecular weight is 262 g/mol. The Hall–Kier alpha value is -1.55. The summed E-state index contributed by atoms with van der Waals surface area (Å²) in [6.45, 7) is 6.64. The Labute approximate surface area is 116 Å². The zero-order chi connectivity index (χ0) is 14.3. The summed E-state index contributed by atoms with van der Waals surface area (Å²) < 4.78 is 0. The second-order valence-corrected chi connectivity index (χ2v) is 4.76. The zero-order valence-electron chi connectivity index (χ0n) is 12.5. The second kappa shape index (κ2) is 7.79. The molecule has 0 aliphatic heterocycles. The lowest BCUT2D eigenvalue weighted by molar-refractivity contribution is 0.305. The number of rotatable bonds is 6. The van der Waals surface area contributed by atoms with Gasteiger partial charge in [-0.25, -0.2) is 0 Å². The summed E-state index contributed by atoms with van der Waals surface area (Å²) in [5, 5.41) is 0. The predicted molar refractivity (Wildman–Crippen MR) is 82.3 cm³/mol. The Kier molecular flexibility index (Phi) is 6.36. The number of guanidine groups is 1. The molecule has 2 N–H and O–H groups in total. The molecular weight excluding hydrogens is 236 g/mol. The Morgan fingerprint density at radius 2 is 1.74 bits per heavy atom. The van der Waals surface area contributed by atoms with E-state index < -0.39 is 0 Å². The maximum atomic E-state index is 6.02. The van der Waals surface area contributed by atoms with Gasteiger partial charge in [0.05, 0.1) is 12.6 Å². The lowest BCUT2D eigenvalue weighted by atomic mass is 10.1. The van der Waals surface area contributed by atoms with Crippen molar-refractivity contribution in [1.82, 2.24) is 9.80 Å². The Morgan fingerprint density at radius 1 is 1.16 bits per heavy atom. The van der Waals surface area contributed by atoms with Gasteiger partial charge < -0.3 is 15.5 Å². The number of hydrogen-bond donors (Lipinski definition) is 1. The van der Waals surface area contributed by atoms with Crippen LogP contribution >= 0.6 is 0 Å². The van der Waals surface area contributed by atoms with Gasteiger partial charge in [-0.05, 0) is 33.5 Å². The van der Waals surface area contributed by atoms with E-state index in [4.69, 9.17) is 5.73 Å².